The molecule has 0 atom stereocenters. The monoisotopic (exact) mass is 409 g/mol. The largest absolute Gasteiger partial charge is 0.477 e. The summed E-state index contributed by atoms with van der Waals surface area (Å²) in [6.45, 7) is 0.347. The highest BCUT2D eigenvalue weighted by Crippen LogP contribution is 2.39. The normalized spacial score (nSPS) is 14.0. The second-order valence-electron chi connectivity index (χ2n) is 7.57. The molecular weight excluding hydrogens is 392 g/mol. The molecule has 0 amide bonds. The molecule has 152 valence electrons. The van der Waals surface area contributed by atoms with Gasteiger partial charge in [-0.05, 0) is 35.9 Å². The fourth-order valence-corrected chi connectivity index (χ4v) is 3.91. The Morgan fingerprint density at radius 2 is 1.87 bits per heavy atom. The van der Waals surface area contributed by atoms with Crippen LogP contribution >= 0.6 is 0 Å². The second kappa shape index (κ2) is 6.50. The van der Waals surface area contributed by atoms with Crippen LogP contribution in [0, 0.1) is 11.6 Å². The molecule has 2 aromatic heterocycles. The highest BCUT2D eigenvalue weighted by atomic mass is 19.1. The van der Waals surface area contributed by atoms with Crippen LogP contribution in [0.5, 0.6) is 0 Å². The number of benzene rings is 2. The van der Waals surface area contributed by atoms with E-state index in [9.17, 15) is 14.7 Å². The maximum atomic E-state index is 15.7. The van der Waals surface area contributed by atoms with E-state index < -0.39 is 28.6 Å². The van der Waals surface area contributed by atoms with Crippen molar-refractivity contribution < 1.29 is 18.7 Å². The van der Waals surface area contributed by atoms with Crippen molar-refractivity contribution in [2.45, 2.75) is 25.4 Å². The molecule has 1 aliphatic carbocycles. The van der Waals surface area contributed by atoms with Gasteiger partial charge in [0.15, 0.2) is 11.6 Å². The van der Waals surface area contributed by atoms with E-state index in [-0.39, 0.29) is 22.6 Å². The number of carbonyl (C=O) groups is 1. The molecule has 2 heterocycles. The fourth-order valence-electron chi connectivity index (χ4n) is 3.91. The van der Waals surface area contributed by atoms with Gasteiger partial charge < -0.3 is 20.0 Å². The van der Waals surface area contributed by atoms with Crippen LogP contribution in [-0.2, 0) is 6.54 Å². The Labute approximate surface area is 168 Å². The predicted molar refractivity (Wildman–Crippen MR) is 108 cm³/mol. The quantitative estimate of drug-likeness (QED) is 0.538. The number of aromatic nitrogens is 2. The van der Waals surface area contributed by atoms with Gasteiger partial charge in [0.1, 0.15) is 11.3 Å². The van der Waals surface area contributed by atoms with Crippen LogP contribution in [0.2, 0.25) is 0 Å². The molecule has 6 nitrogen and oxygen atoms in total. The van der Waals surface area contributed by atoms with Crippen LogP contribution in [0.1, 0.15) is 34.8 Å². The molecule has 2 aromatic carbocycles. The first-order chi connectivity index (χ1) is 14.4. The van der Waals surface area contributed by atoms with Crippen molar-refractivity contribution >= 4 is 27.6 Å². The van der Waals surface area contributed by atoms with Gasteiger partial charge in [0.2, 0.25) is 5.43 Å². The van der Waals surface area contributed by atoms with Gasteiger partial charge in [-0.2, -0.15) is 0 Å². The molecule has 3 N–H and O–H groups in total. The first-order valence-electron chi connectivity index (χ1n) is 9.50. The summed E-state index contributed by atoms with van der Waals surface area (Å²) in [5.74, 6) is -3.26. The molecule has 1 saturated carbocycles. The van der Waals surface area contributed by atoms with E-state index in [2.05, 4.69) is 0 Å². The summed E-state index contributed by atoms with van der Waals surface area (Å²) < 4.78 is 33.5. The van der Waals surface area contributed by atoms with Gasteiger partial charge in [0.05, 0.1) is 10.9 Å². The molecule has 1 aliphatic rings. The standard InChI is InChI=1S/C22H17F2N3O3/c23-17-6-15-19(27(14-3-4-14)10-16(21(15)28)22(29)30)18(24)20(17)26-8-12-2-1-11(7-25)5-13(12)9-26/h1-2,5-6,8-10,14H,3-4,7,25H2,(H,29,30). The maximum absolute atomic E-state index is 15.7. The summed E-state index contributed by atoms with van der Waals surface area (Å²) in [6, 6.07) is 6.33. The first-order valence-corrected chi connectivity index (χ1v) is 9.50. The van der Waals surface area contributed by atoms with E-state index in [1.807, 2.05) is 18.2 Å². The molecule has 30 heavy (non-hydrogen) atoms. The predicted octanol–water partition coefficient (Wildman–Crippen LogP) is 3.72. The summed E-state index contributed by atoms with van der Waals surface area (Å²) in [5.41, 5.74) is 4.77. The van der Waals surface area contributed by atoms with Crippen LogP contribution < -0.4 is 11.2 Å². The number of carboxylic acid groups (broad SMARTS) is 1. The molecule has 0 radical (unpaired) electrons. The number of hydrogen-bond donors (Lipinski definition) is 2. The van der Waals surface area contributed by atoms with Gasteiger partial charge in [-0.1, -0.05) is 12.1 Å². The van der Waals surface area contributed by atoms with Gasteiger partial charge in [-0.25, -0.2) is 13.6 Å². The van der Waals surface area contributed by atoms with E-state index in [0.29, 0.717) is 6.54 Å². The van der Waals surface area contributed by atoms with E-state index in [1.54, 1.807) is 12.4 Å². The lowest BCUT2D eigenvalue weighted by Crippen LogP contribution is -2.20. The van der Waals surface area contributed by atoms with Gasteiger partial charge in [0, 0.05) is 36.6 Å². The topological polar surface area (TPSA) is 90.2 Å². The van der Waals surface area contributed by atoms with Crippen molar-refractivity contribution in [3.05, 3.63) is 75.8 Å². The molecule has 4 aromatic rings. The average Bonchev–Trinajstić information content (AvgIpc) is 3.47. The summed E-state index contributed by atoms with van der Waals surface area (Å²) in [4.78, 5) is 24.0. The number of halogens is 2. The van der Waals surface area contributed by atoms with Crippen LogP contribution in [0.4, 0.5) is 8.78 Å². The molecule has 0 bridgehead atoms. The summed E-state index contributed by atoms with van der Waals surface area (Å²) in [6.07, 6.45) is 5.84. The maximum Gasteiger partial charge on any atom is 0.341 e. The zero-order valence-electron chi connectivity index (χ0n) is 15.7. The zero-order valence-corrected chi connectivity index (χ0v) is 15.7. The van der Waals surface area contributed by atoms with Crippen molar-refractivity contribution in [2.24, 2.45) is 5.73 Å². The van der Waals surface area contributed by atoms with Crippen molar-refractivity contribution in [1.82, 2.24) is 9.13 Å². The Balaban J connectivity index is 1.82. The van der Waals surface area contributed by atoms with E-state index in [1.165, 1.54) is 9.13 Å². The number of pyridine rings is 1. The van der Waals surface area contributed by atoms with E-state index in [4.69, 9.17) is 5.73 Å². The Morgan fingerprint density at radius 1 is 1.13 bits per heavy atom. The summed E-state index contributed by atoms with van der Waals surface area (Å²) >= 11 is 0. The van der Waals surface area contributed by atoms with Crippen molar-refractivity contribution in [3.8, 4) is 5.69 Å². The Kier molecular flexibility index (Phi) is 4.01. The number of carboxylic acids is 1. The van der Waals surface area contributed by atoms with Crippen molar-refractivity contribution in [3.63, 3.8) is 0 Å². The molecular formula is C22H17F2N3O3. The van der Waals surface area contributed by atoms with E-state index in [0.717, 1.165) is 41.4 Å². The van der Waals surface area contributed by atoms with Gasteiger partial charge >= 0.3 is 5.97 Å². The van der Waals surface area contributed by atoms with E-state index >= 15 is 8.78 Å². The minimum atomic E-state index is -1.42. The molecule has 1 fully saturated rings. The highest BCUT2D eigenvalue weighted by molar-refractivity contribution is 5.93. The van der Waals surface area contributed by atoms with Crippen LogP contribution in [0.25, 0.3) is 27.4 Å². The smallest absolute Gasteiger partial charge is 0.341 e. The zero-order chi connectivity index (χ0) is 21.2. The number of nitrogens with two attached hydrogens (primary N) is 1. The summed E-state index contributed by atoms with van der Waals surface area (Å²) in [5, 5.41) is 10.6. The number of aromatic carboxylic acids is 1. The molecule has 0 aliphatic heterocycles. The SMILES string of the molecule is NCc1ccc2cn(-c3c(F)cc4c(=O)c(C(=O)O)cn(C5CC5)c4c3F)cc2c1. The lowest BCUT2D eigenvalue weighted by Gasteiger charge is -2.15. The third kappa shape index (κ3) is 2.72. The molecule has 0 spiro atoms. The summed E-state index contributed by atoms with van der Waals surface area (Å²) in [7, 11) is 0. The second-order valence-corrected chi connectivity index (χ2v) is 7.57. The lowest BCUT2D eigenvalue weighted by atomic mass is 10.1. The number of rotatable bonds is 4. The number of fused-ring (bicyclic) bond motifs is 2. The van der Waals surface area contributed by atoms with Crippen LogP contribution in [0.3, 0.4) is 0 Å². The molecule has 0 saturated heterocycles. The van der Waals surface area contributed by atoms with Crippen LogP contribution in [0.15, 0.2) is 47.7 Å². The lowest BCUT2D eigenvalue weighted by molar-refractivity contribution is 0.0695. The van der Waals surface area contributed by atoms with Crippen molar-refractivity contribution in [1.29, 1.82) is 0 Å². The fraction of sp³-hybridized carbons (Fsp3) is 0.182. The average molecular weight is 409 g/mol. The third-order valence-corrected chi connectivity index (χ3v) is 5.56. The molecule has 8 heteroatoms. The van der Waals surface area contributed by atoms with Gasteiger partial charge in [-0.15, -0.1) is 0 Å². The van der Waals surface area contributed by atoms with Crippen LogP contribution in [-0.4, -0.2) is 20.2 Å². The Morgan fingerprint density at radius 3 is 2.53 bits per heavy atom. The number of nitrogens with zero attached hydrogens (tertiary/aromatic N) is 2. The first kappa shape index (κ1) is 18.5. The Bertz CT molecular complexity index is 1420. The molecule has 0 unspecified atom stereocenters. The highest BCUT2D eigenvalue weighted by Gasteiger charge is 2.30. The van der Waals surface area contributed by atoms with Gasteiger partial charge in [-0.3, -0.25) is 4.79 Å². The number of hydrogen-bond acceptors (Lipinski definition) is 3. The Hall–Kier alpha value is -3.52. The minimum Gasteiger partial charge on any atom is -0.477 e. The third-order valence-electron chi connectivity index (χ3n) is 5.56. The van der Waals surface area contributed by atoms with Crippen molar-refractivity contribution in [2.75, 3.05) is 0 Å². The van der Waals surface area contributed by atoms with Gasteiger partial charge in [0.25, 0.3) is 0 Å². The molecule has 5 rings (SSSR count). The minimum absolute atomic E-state index is 0.0793.